The van der Waals surface area contributed by atoms with Crippen molar-refractivity contribution in [2.75, 3.05) is 6.61 Å². The van der Waals surface area contributed by atoms with E-state index in [2.05, 4.69) is 0 Å². The lowest BCUT2D eigenvalue weighted by Gasteiger charge is -2.09. The molecular weight excluding hydrogens is 186 g/mol. The Morgan fingerprint density at radius 2 is 1.85 bits per heavy atom. The minimum absolute atomic E-state index is 0. The van der Waals surface area contributed by atoms with Crippen LogP contribution in [0.1, 0.15) is 23.6 Å². The van der Waals surface area contributed by atoms with Crippen molar-refractivity contribution in [1.29, 1.82) is 0 Å². The van der Waals surface area contributed by atoms with Gasteiger partial charge < -0.3 is 10.8 Å². The first-order valence-corrected chi connectivity index (χ1v) is 4.17. The molecule has 0 aromatic heterocycles. The highest BCUT2D eigenvalue weighted by Gasteiger charge is 2.03. The number of aliphatic hydroxyl groups is 1. The third-order valence-electron chi connectivity index (χ3n) is 1.95. The maximum Gasteiger partial charge on any atom is 0.0449 e. The SMILES string of the molecule is Cc1ccc(C(N)CCO)cc1.Cl. The van der Waals surface area contributed by atoms with E-state index in [1.807, 2.05) is 31.2 Å². The zero-order valence-corrected chi connectivity index (χ0v) is 8.55. The molecule has 1 rings (SSSR count). The van der Waals surface area contributed by atoms with Crippen molar-refractivity contribution in [2.45, 2.75) is 19.4 Å². The van der Waals surface area contributed by atoms with E-state index in [-0.39, 0.29) is 25.1 Å². The molecule has 0 saturated heterocycles. The number of aliphatic hydroxyl groups excluding tert-OH is 1. The van der Waals surface area contributed by atoms with Crippen molar-refractivity contribution in [3.05, 3.63) is 35.4 Å². The second kappa shape index (κ2) is 5.97. The summed E-state index contributed by atoms with van der Waals surface area (Å²) in [5.74, 6) is 0. The summed E-state index contributed by atoms with van der Waals surface area (Å²) >= 11 is 0. The topological polar surface area (TPSA) is 46.2 Å². The van der Waals surface area contributed by atoms with Gasteiger partial charge in [0.05, 0.1) is 0 Å². The van der Waals surface area contributed by atoms with Crippen LogP contribution < -0.4 is 5.73 Å². The predicted molar refractivity (Wildman–Crippen MR) is 57.1 cm³/mol. The highest BCUT2D eigenvalue weighted by atomic mass is 35.5. The standard InChI is InChI=1S/C10H15NO.ClH/c1-8-2-4-9(5-3-8)10(11)6-7-12;/h2-5,10,12H,6-7,11H2,1H3;1H. The fourth-order valence-corrected chi connectivity index (χ4v) is 1.12. The fraction of sp³-hybridized carbons (Fsp3) is 0.400. The normalized spacial score (nSPS) is 11.9. The van der Waals surface area contributed by atoms with Crippen LogP contribution >= 0.6 is 12.4 Å². The van der Waals surface area contributed by atoms with Crippen molar-refractivity contribution in [3.63, 3.8) is 0 Å². The third kappa shape index (κ3) is 3.77. The minimum atomic E-state index is -0.0319. The fourth-order valence-electron chi connectivity index (χ4n) is 1.12. The summed E-state index contributed by atoms with van der Waals surface area (Å²) in [5.41, 5.74) is 8.12. The quantitative estimate of drug-likeness (QED) is 0.784. The Labute approximate surface area is 85.2 Å². The van der Waals surface area contributed by atoms with Crippen LogP contribution in [-0.4, -0.2) is 11.7 Å². The Morgan fingerprint density at radius 3 is 2.31 bits per heavy atom. The van der Waals surface area contributed by atoms with Crippen molar-refractivity contribution >= 4 is 12.4 Å². The number of benzene rings is 1. The van der Waals surface area contributed by atoms with Crippen LogP contribution in [0.4, 0.5) is 0 Å². The van der Waals surface area contributed by atoms with Gasteiger partial charge in [0.2, 0.25) is 0 Å². The van der Waals surface area contributed by atoms with E-state index in [0.717, 1.165) is 5.56 Å². The number of hydrogen-bond donors (Lipinski definition) is 2. The summed E-state index contributed by atoms with van der Waals surface area (Å²) in [7, 11) is 0. The van der Waals surface area contributed by atoms with Gasteiger partial charge >= 0.3 is 0 Å². The summed E-state index contributed by atoms with van der Waals surface area (Å²) < 4.78 is 0. The molecule has 0 radical (unpaired) electrons. The van der Waals surface area contributed by atoms with Gasteiger partial charge in [0.25, 0.3) is 0 Å². The van der Waals surface area contributed by atoms with Crippen molar-refractivity contribution < 1.29 is 5.11 Å². The average Bonchev–Trinajstić information content (AvgIpc) is 2.06. The molecule has 0 aliphatic rings. The molecule has 0 aliphatic heterocycles. The summed E-state index contributed by atoms with van der Waals surface area (Å²) in [6.07, 6.45) is 0.628. The van der Waals surface area contributed by atoms with E-state index < -0.39 is 0 Å². The largest absolute Gasteiger partial charge is 0.396 e. The van der Waals surface area contributed by atoms with Crippen LogP contribution in [0.2, 0.25) is 0 Å². The van der Waals surface area contributed by atoms with E-state index in [1.54, 1.807) is 0 Å². The molecular formula is C10H16ClNO. The van der Waals surface area contributed by atoms with Crippen molar-refractivity contribution in [3.8, 4) is 0 Å². The van der Waals surface area contributed by atoms with Gasteiger partial charge in [0.1, 0.15) is 0 Å². The van der Waals surface area contributed by atoms with Crippen LogP contribution in [-0.2, 0) is 0 Å². The van der Waals surface area contributed by atoms with Crippen molar-refractivity contribution in [2.24, 2.45) is 5.73 Å². The van der Waals surface area contributed by atoms with Gasteiger partial charge in [-0.15, -0.1) is 12.4 Å². The highest BCUT2D eigenvalue weighted by molar-refractivity contribution is 5.85. The van der Waals surface area contributed by atoms with Crippen molar-refractivity contribution in [1.82, 2.24) is 0 Å². The van der Waals surface area contributed by atoms with Crippen LogP contribution in [0.5, 0.6) is 0 Å². The van der Waals surface area contributed by atoms with Crippen LogP contribution in [0, 0.1) is 6.92 Å². The Morgan fingerprint density at radius 1 is 1.31 bits per heavy atom. The monoisotopic (exact) mass is 201 g/mol. The first kappa shape index (κ1) is 12.4. The second-order valence-electron chi connectivity index (χ2n) is 3.03. The molecule has 1 unspecified atom stereocenters. The third-order valence-corrected chi connectivity index (χ3v) is 1.95. The lowest BCUT2D eigenvalue weighted by Crippen LogP contribution is -2.11. The summed E-state index contributed by atoms with van der Waals surface area (Å²) in [4.78, 5) is 0. The molecule has 0 saturated carbocycles. The van der Waals surface area contributed by atoms with Crippen LogP contribution in [0.25, 0.3) is 0 Å². The lowest BCUT2D eigenvalue weighted by molar-refractivity contribution is 0.276. The molecule has 3 heteroatoms. The number of hydrogen-bond acceptors (Lipinski definition) is 2. The summed E-state index contributed by atoms with van der Waals surface area (Å²) in [6, 6.07) is 8.06. The summed E-state index contributed by atoms with van der Waals surface area (Å²) in [6.45, 7) is 2.19. The van der Waals surface area contributed by atoms with E-state index >= 15 is 0 Å². The molecule has 0 spiro atoms. The van der Waals surface area contributed by atoms with Crippen LogP contribution in [0.15, 0.2) is 24.3 Å². The van der Waals surface area contributed by atoms with Gasteiger partial charge in [-0.2, -0.15) is 0 Å². The molecule has 0 heterocycles. The molecule has 13 heavy (non-hydrogen) atoms. The van der Waals surface area contributed by atoms with E-state index in [4.69, 9.17) is 10.8 Å². The molecule has 2 nitrogen and oxygen atoms in total. The zero-order valence-electron chi connectivity index (χ0n) is 7.73. The predicted octanol–water partition coefficient (Wildman–Crippen LogP) is 1.80. The minimum Gasteiger partial charge on any atom is -0.396 e. The van der Waals surface area contributed by atoms with Gasteiger partial charge in [0.15, 0.2) is 0 Å². The molecule has 1 aromatic carbocycles. The number of rotatable bonds is 3. The van der Waals surface area contributed by atoms with Gasteiger partial charge in [-0.1, -0.05) is 29.8 Å². The Kier molecular flexibility index (Phi) is 5.71. The van der Waals surface area contributed by atoms with Gasteiger partial charge in [0, 0.05) is 12.6 Å². The zero-order chi connectivity index (χ0) is 8.97. The van der Waals surface area contributed by atoms with Gasteiger partial charge in [-0.25, -0.2) is 0 Å². The maximum atomic E-state index is 8.67. The Bertz CT molecular complexity index is 235. The van der Waals surface area contributed by atoms with E-state index in [0.29, 0.717) is 6.42 Å². The molecule has 0 fully saturated rings. The number of halogens is 1. The molecule has 0 bridgehead atoms. The van der Waals surface area contributed by atoms with Crippen LogP contribution in [0.3, 0.4) is 0 Å². The maximum absolute atomic E-state index is 8.67. The molecule has 1 atom stereocenters. The van der Waals surface area contributed by atoms with E-state index in [1.165, 1.54) is 5.56 Å². The number of aryl methyl sites for hydroxylation is 1. The number of nitrogens with two attached hydrogens (primary N) is 1. The molecule has 1 aromatic rings. The first-order chi connectivity index (χ1) is 5.74. The summed E-state index contributed by atoms with van der Waals surface area (Å²) in [5, 5.41) is 8.67. The lowest BCUT2D eigenvalue weighted by atomic mass is 10.0. The average molecular weight is 202 g/mol. The van der Waals surface area contributed by atoms with Gasteiger partial charge in [-0.05, 0) is 18.9 Å². The van der Waals surface area contributed by atoms with E-state index in [9.17, 15) is 0 Å². The Balaban J connectivity index is 0.00000144. The second-order valence-corrected chi connectivity index (χ2v) is 3.03. The van der Waals surface area contributed by atoms with Gasteiger partial charge in [-0.3, -0.25) is 0 Å². The Hall–Kier alpha value is -0.570. The highest BCUT2D eigenvalue weighted by Crippen LogP contribution is 2.13. The molecule has 0 amide bonds. The molecule has 0 aliphatic carbocycles. The smallest absolute Gasteiger partial charge is 0.0449 e. The molecule has 74 valence electrons. The molecule has 3 N–H and O–H groups in total. The first-order valence-electron chi connectivity index (χ1n) is 4.17.